The standard InChI is InChI=1S/C18H20N4O5/c1-12-6-4-5-7-14(12)19-11-18(23)21-20-10-13-8-15(22(24)25)17(27-3)9-16(13)26-2/h4-10,19H,11H2,1-3H3,(H,21,23)/b20-10-. The summed E-state index contributed by atoms with van der Waals surface area (Å²) in [5, 5.41) is 18.0. The molecular weight excluding hydrogens is 352 g/mol. The van der Waals surface area contributed by atoms with Crippen LogP contribution in [0.4, 0.5) is 11.4 Å². The highest BCUT2D eigenvalue weighted by atomic mass is 16.6. The Hall–Kier alpha value is -3.62. The van der Waals surface area contributed by atoms with E-state index in [0.717, 1.165) is 11.3 Å². The minimum absolute atomic E-state index is 0.0298. The van der Waals surface area contributed by atoms with Gasteiger partial charge in [0, 0.05) is 23.4 Å². The van der Waals surface area contributed by atoms with Crippen LogP contribution in [0.15, 0.2) is 41.5 Å². The molecule has 2 rings (SSSR count). The van der Waals surface area contributed by atoms with E-state index in [2.05, 4.69) is 15.8 Å². The van der Waals surface area contributed by atoms with Gasteiger partial charge in [0.1, 0.15) is 5.75 Å². The monoisotopic (exact) mass is 372 g/mol. The number of hydrazone groups is 1. The van der Waals surface area contributed by atoms with Crippen LogP contribution in [-0.4, -0.2) is 37.8 Å². The van der Waals surface area contributed by atoms with E-state index in [9.17, 15) is 14.9 Å². The summed E-state index contributed by atoms with van der Waals surface area (Å²) in [7, 11) is 2.75. The second kappa shape index (κ2) is 9.18. The molecule has 0 aliphatic carbocycles. The predicted molar refractivity (Wildman–Crippen MR) is 102 cm³/mol. The Balaban J connectivity index is 2.04. The first-order valence-corrected chi connectivity index (χ1v) is 7.98. The van der Waals surface area contributed by atoms with Crippen LogP contribution in [0.3, 0.4) is 0 Å². The smallest absolute Gasteiger partial charge is 0.311 e. The predicted octanol–water partition coefficient (Wildman–Crippen LogP) is 2.48. The number of rotatable bonds is 8. The number of nitro benzene ring substituents is 1. The van der Waals surface area contributed by atoms with Crippen molar-refractivity contribution < 1.29 is 19.2 Å². The minimum atomic E-state index is -0.569. The van der Waals surface area contributed by atoms with Crippen LogP contribution in [0.5, 0.6) is 11.5 Å². The highest BCUT2D eigenvalue weighted by Gasteiger charge is 2.18. The molecule has 0 heterocycles. The lowest BCUT2D eigenvalue weighted by Gasteiger charge is -2.09. The lowest BCUT2D eigenvalue weighted by atomic mass is 10.1. The molecule has 0 aliphatic heterocycles. The van der Waals surface area contributed by atoms with Gasteiger partial charge in [0.05, 0.1) is 31.9 Å². The normalized spacial score (nSPS) is 10.5. The average Bonchev–Trinajstić information content (AvgIpc) is 2.66. The van der Waals surface area contributed by atoms with Gasteiger partial charge in [0.25, 0.3) is 5.91 Å². The number of ether oxygens (including phenoxy) is 2. The van der Waals surface area contributed by atoms with Crippen molar-refractivity contribution >= 4 is 23.5 Å². The number of nitro groups is 1. The summed E-state index contributed by atoms with van der Waals surface area (Å²) >= 11 is 0. The molecule has 0 atom stereocenters. The van der Waals surface area contributed by atoms with Crippen molar-refractivity contribution in [1.82, 2.24) is 5.43 Å². The summed E-state index contributed by atoms with van der Waals surface area (Å²) in [6, 6.07) is 10.2. The van der Waals surface area contributed by atoms with Gasteiger partial charge in [0.15, 0.2) is 0 Å². The number of nitrogens with one attached hydrogen (secondary N) is 2. The zero-order chi connectivity index (χ0) is 19.8. The Bertz CT molecular complexity index is 867. The highest BCUT2D eigenvalue weighted by Crippen LogP contribution is 2.33. The molecule has 2 aromatic carbocycles. The Kier molecular flexibility index (Phi) is 6.70. The molecule has 0 spiro atoms. The number of para-hydroxylation sites is 1. The second-order valence-electron chi connectivity index (χ2n) is 5.48. The maximum Gasteiger partial charge on any atom is 0.311 e. The fourth-order valence-electron chi connectivity index (χ4n) is 2.31. The van der Waals surface area contributed by atoms with E-state index in [1.807, 2.05) is 31.2 Å². The number of hydrogen-bond donors (Lipinski definition) is 2. The summed E-state index contributed by atoms with van der Waals surface area (Å²) < 4.78 is 10.2. The number of amides is 1. The van der Waals surface area contributed by atoms with Crippen molar-refractivity contribution in [3.63, 3.8) is 0 Å². The van der Waals surface area contributed by atoms with E-state index in [4.69, 9.17) is 9.47 Å². The van der Waals surface area contributed by atoms with Crippen LogP contribution in [0.2, 0.25) is 0 Å². The Morgan fingerprint density at radius 1 is 1.22 bits per heavy atom. The molecule has 9 nitrogen and oxygen atoms in total. The van der Waals surface area contributed by atoms with Crippen molar-refractivity contribution in [2.75, 3.05) is 26.1 Å². The molecule has 0 bridgehead atoms. The average molecular weight is 372 g/mol. The quantitative estimate of drug-likeness (QED) is 0.418. The number of anilines is 1. The van der Waals surface area contributed by atoms with Gasteiger partial charge in [-0.1, -0.05) is 18.2 Å². The summed E-state index contributed by atoms with van der Waals surface area (Å²) in [6.07, 6.45) is 1.27. The third-order valence-corrected chi connectivity index (χ3v) is 3.71. The van der Waals surface area contributed by atoms with E-state index in [1.54, 1.807) is 0 Å². The third kappa shape index (κ3) is 5.18. The highest BCUT2D eigenvalue weighted by molar-refractivity contribution is 5.87. The maximum absolute atomic E-state index is 11.9. The van der Waals surface area contributed by atoms with Crippen LogP contribution >= 0.6 is 0 Å². The number of carbonyl (C=O) groups excluding carboxylic acids is 1. The Morgan fingerprint density at radius 3 is 2.56 bits per heavy atom. The fraction of sp³-hybridized carbons (Fsp3) is 0.222. The van der Waals surface area contributed by atoms with Crippen LogP contribution in [0, 0.1) is 17.0 Å². The fourth-order valence-corrected chi connectivity index (χ4v) is 2.31. The first kappa shape index (κ1) is 19.7. The van der Waals surface area contributed by atoms with Gasteiger partial charge in [-0.3, -0.25) is 14.9 Å². The van der Waals surface area contributed by atoms with Gasteiger partial charge >= 0.3 is 5.69 Å². The number of methoxy groups -OCH3 is 2. The molecule has 0 unspecified atom stereocenters. The van der Waals surface area contributed by atoms with E-state index >= 15 is 0 Å². The van der Waals surface area contributed by atoms with E-state index in [0.29, 0.717) is 11.3 Å². The van der Waals surface area contributed by atoms with E-state index in [-0.39, 0.29) is 23.9 Å². The number of aryl methyl sites for hydroxylation is 1. The largest absolute Gasteiger partial charge is 0.496 e. The molecule has 0 fully saturated rings. The summed E-state index contributed by atoms with van der Waals surface area (Å²) in [5.41, 5.74) is 4.33. The van der Waals surface area contributed by atoms with Gasteiger partial charge in [-0.2, -0.15) is 5.10 Å². The molecule has 0 saturated carbocycles. The van der Waals surface area contributed by atoms with Crippen molar-refractivity contribution in [2.45, 2.75) is 6.92 Å². The first-order valence-electron chi connectivity index (χ1n) is 7.98. The van der Waals surface area contributed by atoms with Crippen molar-refractivity contribution in [2.24, 2.45) is 5.10 Å². The lowest BCUT2D eigenvalue weighted by Crippen LogP contribution is -2.26. The number of nitrogens with zero attached hydrogens (tertiary/aromatic N) is 2. The van der Waals surface area contributed by atoms with Crippen LogP contribution in [0.1, 0.15) is 11.1 Å². The third-order valence-electron chi connectivity index (χ3n) is 3.71. The van der Waals surface area contributed by atoms with E-state index < -0.39 is 4.92 Å². The SMILES string of the molecule is COc1cc(OC)c([N+](=O)[O-])cc1/C=N\NC(=O)CNc1ccccc1C. The number of benzene rings is 2. The molecule has 0 aliphatic rings. The topological polar surface area (TPSA) is 115 Å². The first-order chi connectivity index (χ1) is 13.0. The second-order valence-corrected chi connectivity index (χ2v) is 5.48. The van der Waals surface area contributed by atoms with Gasteiger partial charge < -0.3 is 14.8 Å². The van der Waals surface area contributed by atoms with Gasteiger partial charge in [-0.25, -0.2) is 5.43 Å². The molecule has 142 valence electrons. The molecule has 0 radical (unpaired) electrons. The number of carbonyl (C=O) groups is 1. The molecule has 2 aromatic rings. The summed E-state index contributed by atoms with van der Waals surface area (Å²) in [4.78, 5) is 22.5. The summed E-state index contributed by atoms with van der Waals surface area (Å²) in [6.45, 7) is 1.96. The maximum atomic E-state index is 11.9. The Morgan fingerprint density at radius 2 is 1.93 bits per heavy atom. The molecule has 9 heteroatoms. The molecule has 0 saturated heterocycles. The zero-order valence-electron chi connectivity index (χ0n) is 15.2. The lowest BCUT2D eigenvalue weighted by molar-refractivity contribution is -0.385. The van der Waals surface area contributed by atoms with Gasteiger partial charge in [0.2, 0.25) is 5.75 Å². The van der Waals surface area contributed by atoms with Crippen LogP contribution < -0.4 is 20.2 Å². The molecule has 0 aromatic heterocycles. The molecule has 27 heavy (non-hydrogen) atoms. The molecular formula is C18H20N4O5. The van der Waals surface area contributed by atoms with Crippen molar-refractivity contribution in [3.8, 4) is 11.5 Å². The van der Waals surface area contributed by atoms with E-state index in [1.165, 1.54) is 32.6 Å². The molecule has 2 N–H and O–H groups in total. The Labute approximate surface area is 156 Å². The zero-order valence-corrected chi connectivity index (χ0v) is 15.2. The minimum Gasteiger partial charge on any atom is -0.496 e. The summed E-state index contributed by atoms with van der Waals surface area (Å²) in [5.74, 6) is 0.0328. The van der Waals surface area contributed by atoms with Crippen LogP contribution in [0.25, 0.3) is 0 Å². The van der Waals surface area contributed by atoms with Crippen molar-refractivity contribution in [3.05, 3.63) is 57.6 Å². The van der Waals surface area contributed by atoms with Crippen LogP contribution in [-0.2, 0) is 4.79 Å². The number of hydrogen-bond acceptors (Lipinski definition) is 7. The molecule has 1 amide bonds. The van der Waals surface area contributed by atoms with Gasteiger partial charge in [-0.05, 0) is 18.6 Å². The van der Waals surface area contributed by atoms with Gasteiger partial charge in [-0.15, -0.1) is 0 Å². The van der Waals surface area contributed by atoms with Crippen molar-refractivity contribution in [1.29, 1.82) is 0 Å².